The highest BCUT2D eigenvalue weighted by Crippen LogP contribution is 2.29. The molecule has 0 unspecified atom stereocenters. The van der Waals surface area contributed by atoms with E-state index in [2.05, 4.69) is 10.6 Å². The molecule has 0 aliphatic carbocycles. The van der Waals surface area contributed by atoms with Crippen molar-refractivity contribution in [1.29, 1.82) is 0 Å². The summed E-state index contributed by atoms with van der Waals surface area (Å²) in [6, 6.07) is 16.8. The van der Waals surface area contributed by atoms with Crippen LogP contribution in [0.25, 0.3) is 10.8 Å². The first-order chi connectivity index (χ1) is 10.6. The molecule has 0 fully saturated rings. The quantitative estimate of drug-likeness (QED) is 0.610. The molecular formula is C17H13FN2OS. The van der Waals surface area contributed by atoms with Crippen molar-refractivity contribution in [2.45, 2.75) is 0 Å². The zero-order chi connectivity index (χ0) is 15.5. The lowest BCUT2D eigenvalue weighted by atomic mass is 10.1. The third kappa shape index (κ3) is 2.99. The summed E-state index contributed by atoms with van der Waals surface area (Å²) in [6.07, 6.45) is 0. The summed E-state index contributed by atoms with van der Waals surface area (Å²) in [7, 11) is 0. The molecule has 3 N–H and O–H groups in total. The van der Waals surface area contributed by atoms with E-state index in [1.807, 2.05) is 24.3 Å². The maximum Gasteiger partial charge on any atom is 0.175 e. The highest BCUT2D eigenvalue weighted by atomic mass is 32.1. The Bertz CT molecular complexity index is 834. The molecule has 0 atom stereocenters. The largest absolute Gasteiger partial charge is 0.507 e. The van der Waals surface area contributed by atoms with Crippen molar-refractivity contribution in [1.82, 2.24) is 0 Å². The molecule has 0 saturated heterocycles. The van der Waals surface area contributed by atoms with Crippen LogP contribution in [0.4, 0.5) is 15.8 Å². The van der Waals surface area contributed by atoms with Crippen LogP contribution in [0.15, 0.2) is 60.7 Å². The van der Waals surface area contributed by atoms with E-state index in [9.17, 15) is 9.50 Å². The van der Waals surface area contributed by atoms with Crippen LogP contribution in [0.5, 0.6) is 5.75 Å². The van der Waals surface area contributed by atoms with E-state index in [1.54, 1.807) is 24.3 Å². The number of hydrogen-bond acceptors (Lipinski definition) is 2. The second-order valence-electron chi connectivity index (χ2n) is 4.76. The Hall–Kier alpha value is -2.66. The Balaban J connectivity index is 1.82. The van der Waals surface area contributed by atoms with Gasteiger partial charge in [0, 0.05) is 22.1 Å². The zero-order valence-electron chi connectivity index (χ0n) is 11.5. The van der Waals surface area contributed by atoms with Crippen LogP contribution in [0.2, 0.25) is 0 Å². The van der Waals surface area contributed by atoms with Gasteiger partial charge < -0.3 is 15.7 Å². The average Bonchev–Trinajstić information content (AvgIpc) is 2.51. The molecule has 3 aromatic rings. The van der Waals surface area contributed by atoms with Crippen molar-refractivity contribution in [3.8, 4) is 5.75 Å². The summed E-state index contributed by atoms with van der Waals surface area (Å²) in [5, 5.41) is 18.0. The molecule has 5 heteroatoms. The third-order valence-corrected chi connectivity index (χ3v) is 3.45. The topological polar surface area (TPSA) is 44.3 Å². The standard InChI is InChI=1S/C17H13FN2OS/c18-11-7-9-12(10-8-11)19-17(22)20-15-5-1-4-14-13(15)3-2-6-16(14)21/h1-10,21H,(H2,19,20,22). The molecule has 22 heavy (non-hydrogen) atoms. The minimum Gasteiger partial charge on any atom is -0.507 e. The van der Waals surface area contributed by atoms with Gasteiger partial charge in [0.05, 0.1) is 0 Å². The fourth-order valence-electron chi connectivity index (χ4n) is 2.22. The molecule has 0 aliphatic heterocycles. The molecule has 3 aromatic carbocycles. The van der Waals surface area contributed by atoms with Crippen molar-refractivity contribution in [3.63, 3.8) is 0 Å². The maximum atomic E-state index is 12.9. The van der Waals surface area contributed by atoms with E-state index in [1.165, 1.54) is 12.1 Å². The van der Waals surface area contributed by atoms with Crippen LogP contribution in [0.1, 0.15) is 0 Å². The number of benzene rings is 3. The number of hydrogen-bond donors (Lipinski definition) is 3. The molecule has 0 bridgehead atoms. The predicted molar refractivity (Wildman–Crippen MR) is 91.9 cm³/mol. The van der Waals surface area contributed by atoms with Gasteiger partial charge in [0.2, 0.25) is 0 Å². The SMILES string of the molecule is Oc1cccc2c(NC(=S)Nc3ccc(F)cc3)cccc12. The highest BCUT2D eigenvalue weighted by Gasteiger charge is 2.05. The number of rotatable bonds is 2. The van der Waals surface area contributed by atoms with Crippen LogP contribution in [0, 0.1) is 5.82 Å². The number of fused-ring (bicyclic) bond motifs is 1. The van der Waals surface area contributed by atoms with Gasteiger partial charge in [-0.25, -0.2) is 4.39 Å². The molecule has 0 saturated carbocycles. The lowest BCUT2D eigenvalue weighted by molar-refractivity contribution is 0.481. The number of thiocarbonyl (C=S) groups is 1. The van der Waals surface area contributed by atoms with Crippen molar-refractivity contribution in [3.05, 3.63) is 66.5 Å². The normalized spacial score (nSPS) is 10.4. The van der Waals surface area contributed by atoms with Crippen LogP contribution >= 0.6 is 12.2 Å². The number of phenolic OH excluding ortho intramolecular Hbond substituents is 1. The van der Waals surface area contributed by atoms with Crippen molar-refractivity contribution in [2.24, 2.45) is 0 Å². The van der Waals surface area contributed by atoms with Crippen molar-refractivity contribution >= 4 is 39.5 Å². The number of aromatic hydroxyl groups is 1. The fraction of sp³-hybridized carbons (Fsp3) is 0. The Labute approximate surface area is 132 Å². The van der Waals surface area contributed by atoms with Crippen LogP contribution in [-0.2, 0) is 0 Å². The lowest BCUT2D eigenvalue weighted by Crippen LogP contribution is -2.19. The first-order valence-electron chi connectivity index (χ1n) is 6.68. The molecule has 0 spiro atoms. The fourth-order valence-corrected chi connectivity index (χ4v) is 2.45. The van der Waals surface area contributed by atoms with Gasteiger partial charge in [-0.15, -0.1) is 0 Å². The van der Waals surface area contributed by atoms with E-state index < -0.39 is 0 Å². The van der Waals surface area contributed by atoms with Crippen molar-refractivity contribution in [2.75, 3.05) is 10.6 Å². The molecule has 3 rings (SSSR count). The monoisotopic (exact) mass is 312 g/mol. The second kappa shape index (κ2) is 5.99. The Morgan fingerprint density at radius 2 is 1.55 bits per heavy atom. The zero-order valence-corrected chi connectivity index (χ0v) is 12.3. The number of phenols is 1. The molecule has 0 radical (unpaired) electrons. The van der Waals surface area contributed by atoms with Crippen LogP contribution in [0.3, 0.4) is 0 Å². The van der Waals surface area contributed by atoms with Crippen molar-refractivity contribution < 1.29 is 9.50 Å². The van der Waals surface area contributed by atoms with Crippen LogP contribution < -0.4 is 10.6 Å². The van der Waals surface area contributed by atoms with Crippen LogP contribution in [-0.4, -0.2) is 10.2 Å². The number of halogens is 1. The lowest BCUT2D eigenvalue weighted by Gasteiger charge is -2.13. The molecule has 0 aromatic heterocycles. The molecule has 0 amide bonds. The van der Waals surface area contributed by atoms with E-state index in [4.69, 9.17) is 12.2 Å². The van der Waals surface area contributed by atoms with E-state index in [0.717, 1.165) is 16.5 Å². The van der Waals surface area contributed by atoms with E-state index in [-0.39, 0.29) is 11.6 Å². The molecule has 0 heterocycles. The summed E-state index contributed by atoms with van der Waals surface area (Å²) >= 11 is 5.27. The number of anilines is 2. The van der Waals surface area contributed by atoms with Gasteiger partial charge in [-0.2, -0.15) is 0 Å². The second-order valence-corrected chi connectivity index (χ2v) is 5.17. The summed E-state index contributed by atoms with van der Waals surface area (Å²) in [5.74, 6) is -0.0764. The minimum atomic E-state index is -0.297. The number of nitrogens with one attached hydrogen (secondary N) is 2. The molecular weight excluding hydrogens is 299 g/mol. The van der Waals surface area contributed by atoms with E-state index >= 15 is 0 Å². The third-order valence-electron chi connectivity index (χ3n) is 3.25. The average molecular weight is 312 g/mol. The van der Waals surface area contributed by atoms with Gasteiger partial charge in [-0.1, -0.05) is 24.3 Å². The highest BCUT2D eigenvalue weighted by molar-refractivity contribution is 7.80. The molecule has 3 nitrogen and oxygen atoms in total. The maximum absolute atomic E-state index is 12.9. The van der Waals surface area contributed by atoms with Gasteiger partial charge in [0.25, 0.3) is 0 Å². The Morgan fingerprint density at radius 3 is 2.32 bits per heavy atom. The summed E-state index contributed by atoms with van der Waals surface area (Å²) < 4.78 is 12.9. The van der Waals surface area contributed by atoms with Gasteiger partial charge >= 0.3 is 0 Å². The first kappa shape index (κ1) is 14.3. The Morgan fingerprint density at radius 1 is 0.864 bits per heavy atom. The molecule has 110 valence electrons. The molecule has 0 aliphatic rings. The summed E-state index contributed by atoms with van der Waals surface area (Å²) in [5.41, 5.74) is 1.48. The smallest absolute Gasteiger partial charge is 0.175 e. The Kier molecular flexibility index (Phi) is 3.89. The van der Waals surface area contributed by atoms with Gasteiger partial charge in [-0.3, -0.25) is 0 Å². The summed E-state index contributed by atoms with van der Waals surface area (Å²) in [4.78, 5) is 0. The van der Waals surface area contributed by atoms with Gasteiger partial charge in [0.15, 0.2) is 5.11 Å². The predicted octanol–water partition coefficient (Wildman–Crippen LogP) is 4.49. The van der Waals surface area contributed by atoms with Gasteiger partial charge in [-0.05, 0) is 48.6 Å². The first-order valence-corrected chi connectivity index (χ1v) is 7.08. The van der Waals surface area contributed by atoms with E-state index in [0.29, 0.717) is 10.8 Å². The van der Waals surface area contributed by atoms with Gasteiger partial charge in [0.1, 0.15) is 11.6 Å². The summed E-state index contributed by atoms with van der Waals surface area (Å²) in [6.45, 7) is 0. The minimum absolute atomic E-state index is 0.221.